The van der Waals surface area contributed by atoms with Gasteiger partial charge in [-0.15, -0.1) is 0 Å². The van der Waals surface area contributed by atoms with Gasteiger partial charge in [0.25, 0.3) is 0 Å². The largest absolute Gasteiger partial charge is 0.491 e. The van der Waals surface area contributed by atoms with Crippen molar-refractivity contribution in [2.45, 2.75) is 78.9 Å². The molecule has 0 N–H and O–H groups in total. The highest BCUT2D eigenvalue weighted by Crippen LogP contribution is 2.52. The lowest BCUT2D eigenvalue weighted by molar-refractivity contribution is -0.122. The second-order valence-electron chi connectivity index (χ2n) is 11.7. The third-order valence-electron chi connectivity index (χ3n) is 8.20. The highest BCUT2D eigenvalue weighted by molar-refractivity contribution is 6.13. The van der Waals surface area contributed by atoms with Crippen molar-refractivity contribution in [3.63, 3.8) is 0 Å². The van der Waals surface area contributed by atoms with E-state index in [9.17, 15) is 14.4 Å². The summed E-state index contributed by atoms with van der Waals surface area (Å²) in [6.07, 6.45) is 4.46. The number of rotatable bonds is 13. The van der Waals surface area contributed by atoms with E-state index in [-0.39, 0.29) is 37.1 Å². The molecule has 0 radical (unpaired) electrons. The fraction of sp³-hybridized carbons (Fsp3) is 0.400. The summed E-state index contributed by atoms with van der Waals surface area (Å²) in [5.74, 6) is 0.754. The molecule has 0 fully saturated rings. The van der Waals surface area contributed by atoms with E-state index in [0.29, 0.717) is 23.5 Å². The number of Topliss-reactive ketones (excluding diaryl/α,β-unsaturated/α-hetero) is 2. The minimum atomic E-state index is -1.30. The Bertz CT molecular complexity index is 1330. The zero-order valence-electron chi connectivity index (χ0n) is 24.1. The number of carbonyl (C=O) groups excluding carboxylic acids is 3. The minimum absolute atomic E-state index is 0.0272. The van der Waals surface area contributed by atoms with Gasteiger partial charge >= 0.3 is 0 Å². The summed E-state index contributed by atoms with van der Waals surface area (Å²) in [6.45, 7) is 7.70. The fourth-order valence-corrected chi connectivity index (χ4v) is 5.75. The van der Waals surface area contributed by atoms with Crippen LogP contribution in [0, 0.1) is 10.8 Å². The Hall–Kier alpha value is -3.73. The van der Waals surface area contributed by atoms with Crippen LogP contribution in [0.15, 0.2) is 72.8 Å². The van der Waals surface area contributed by atoms with Gasteiger partial charge in [-0.25, -0.2) is 0 Å². The van der Waals surface area contributed by atoms with Crippen molar-refractivity contribution < 1.29 is 23.9 Å². The fourth-order valence-electron chi connectivity index (χ4n) is 5.75. The molecule has 0 spiro atoms. The van der Waals surface area contributed by atoms with Crippen molar-refractivity contribution >= 4 is 17.9 Å². The van der Waals surface area contributed by atoms with E-state index in [4.69, 9.17) is 9.47 Å². The third-order valence-corrected chi connectivity index (χ3v) is 8.20. The molecular weight excluding hydrogens is 500 g/mol. The van der Waals surface area contributed by atoms with Gasteiger partial charge in [0.2, 0.25) is 0 Å². The van der Waals surface area contributed by atoms with Crippen molar-refractivity contribution in [1.82, 2.24) is 0 Å². The number of aryl methyl sites for hydroxylation is 1. The molecule has 2 atom stereocenters. The average molecular weight is 541 g/mol. The first-order valence-electron chi connectivity index (χ1n) is 14.2. The monoisotopic (exact) mass is 540 g/mol. The summed E-state index contributed by atoms with van der Waals surface area (Å²) >= 11 is 0. The summed E-state index contributed by atoms with van der Waals surface area (Å²) in [5, 5.41) is 0. The molecule has 1 aliphatic carbocycles. The Morgan fingerprint density at radius 2 is 1.65 bits per heavy atom. The zero-order chi connectivity index (χ0) is 28.8. The minimum Gasteiger partial charge on any atom is -0.491 e. The van der Waals surface area contributed by atoms with E-state index < -0.39 is 10.8 Å². The standard InChI is InChI=1S/C35H40O5/c1-25(37)18-19-35(24-36)33(38)32-29(22-34(35,3)4)20-30(21-31(32)39-23-28-15-9-6-10-16-28)40-26(2)12-11-17-27-13-7-5-8-14-27/h5-10,13-16,20-21,24,26H,11-12,17-19,22-23H2,1-4H3. The zero-order valence-corrected chi connectivity index (χ0v) is 24.1. The lowest BCUT2D eigenvalue weighted by Crippen LogP contribution is -2.51. The highest BCUT2D eigenvalue weighted by Gasteiger charge is 2.55. The highest BCUT2D eigenvalue weighted by atomic mass is 16.5. The molecule has 3 aromatic carbocycles. The molecule has 210 valence electrons. The molecule has 5 heteroatoms. The Kier molecular flexibility index (Phi) is 9.24. The number of hydrogen-bond donors (Lipinski definition) is 0. The van der Waals surface area contributed by atoms with E-state index in [1.165, 1.54) is 12.5 Å². The molecule has 0 bridgehead atoms. The topological polar surface area (TPSA) is 69.7 Å². The van der Waals surface area contributed by atoms with Crippen molar-refractivity contribution in [3.8, 4) is 11.5 Å². The van der Waals surface area contributed by atoms with Crippen LogP contribution in [0.4, 0.5) is 0 Å². The molecule has 0 aliphatic heterocycles. The number of fused-ring (bicyclic) bond motifs is 1. The van der Waals surface area contributed by atoms with E-state index in [0.717, 1.165) is 36.7 Å². The van der Waals surface area contributed by atoms with Gasteiger partial charge in [-0.3, -0.25) is 4.79 Å². The average Bonchev–Trinajstić information content (AvgIpc) is 2.92. The number of ether oxygens (including phenoxy) is 2. The molecule has 0 heterocycles. The SMILES string of the molecule is CC(=O)CCC1(C=O)C(=O)c2c(cc(OC(C)CCCc3ccccc3)cc2OCc2ccccc2)CC1(C)C. The van der Waals surface area contributed by atoms with E-state index in [1.54, 1.807) is 6.07 Å². The van der Waals surface area contributed by atoms with Crippen LogP contribution in [0.1, 0.15) is 80.4 Å². The quantitative estimate of drug-likeness (QED) is 0.167. The van der Waals surface area contributed by atoms with E-state index in [1.807, 2.05) is 56.3 Å². The van der Waals surface area contributed by atoms with Crippen LogP contribution >= 0.6 is 0 Å². The molecule has 2 unspecified atom stereocenters. The van der Waals surface area contributed by atoms with E-state index >= 15 is 0 Å². The molecule has 3 aromatic rings. The van der Waals surface area contributed by atoms with Gasteiger partial charge in [0.15, 0.2) is 5.78 Å². The van der Waals surface area contributed by atoms with Crippen LogP contribution in [0.25, 0.3) is 0 Å². The summed E-state index contributed by atoms with van der Waals surface area (Å²) in [4.78, 5) is 38.7. The second-order valence-corrected chi connectivity index (χ2v) is 11.7. The van der Waals surface area contributed by atoms with Gasteiger partial charge < -0.3 is 19.1 Å². The molecule has 0 aromatic heterocycles. The van der Waals surface area contributed by atoms with Crippen LogP contribution in [0.5, 0.6) is 11.5 Å². The molecule has 0 amide bonds. The first-order chi connectivity index (χ1) is 19.1. The van der Waals surface area contributed by atoms with Gasteiger partial charge in [0, 0.05) is 12.5 Å². The molecule has 4 rings (SSSR count). The Morgan fingerprint density at radius 3 is 2.27 bits per heavy atom. The number of benzene rings is 3. The Morgan fingerprint density at radius 1 is 1.00 bits per heavy atom. The van der Waals surface area contributed by atoms with Gasteiger partial charge in [0.05, 0.1) is 17.1 Å². The van der Waals surface area contributed by atoms with Crippen LogP contribution in [0.3, 0.4) is 0 Å². The molecule has 40 heavy (non-hydrogen) atoms. The van der Waals surface area contributed by atoms with E-state index in [2.05, 4.69) is 31.2 Å². The molecule has 1 aliphatic rings. The summed E-state index contributed by atoms with van der Waals surface area (Å²) in [6, 6.07) is 23.9. The smallest absolute Gasteiger partial charge is 0.180 e. The molecular formula is C35H40O5. The van der Waals surface area contributed by atoms with Crippen molar-refractivity contribution in [2.24, 2.45) is 10.8 Å². The third kappa shape index (κ3) is 6.52. The lowest BCUT2D eigenvalue weighted by atomic mass is 9.54. The molecule has 0 saturated carbocycles. The first-order valence-corrected chi connectivity index (χ1v) is 14.2. The maximum absolute atomic E-state index is 14.2. The number of hydrogen-bond acceptors (Lipinski definition) is 5. The Labute approximate surface area is 237 Å². The van der Waals surface area contributed by atoms with Crippen LogP contribution in [-0.2, 0) is 29.0 Å². The first kappa shape index (κ1) is 29.3. The molecule has 5 nitrogen and oxygen atoms in total. The van der Waals surface area contributed by atoms with Crippen LogP contribution in [0.2, 0.25) is 0 Å². The lowest BCUT2D eigenvalue weighted by Gasteiger charge is -2.46. The second kappa shape index (κ2) is 12.6. The Balaban J connectivity index is 1.63. The summed E-state index contributed by atoms with van der Waals surface area (Å²) < 4.78 is 12.6. The predicted molar refractivity (Wildman–Crippen MR) is 157 cm³/mol. The van der Waals surface area contributed by atoms with Gasteiger partial charge in [0.1, 0.15) is 30.2 Å². The predicted octanol–water partition coefficient (Wildman–Crippen LogP) is 7.38. The summed E-state index contributed by atoms with van der Waals surface area (Å²) in [7, 11) is 0. The maximum Gasteiger partial charge on any atom is 0.180 e. The molecule has 0 saturated heterocycles. The van der Waals surface area contributed by atoms with Gasteiger partial charge in [-0.1, -0.05) is 74.5 Å². The number of carbonyl (C=O) groups is 3. The van der Waals surface area contributed by atoms with Crippen LogP contribution < -0.4 is 9.47 Å². The van der Waals surface area contributed by atoms with Crippen molar-refractivity contribution in [1.29, 1.82) is 0 Å². The van der Waals surface area contributed by atoms with Crippen molar-refractivity contribution in [3.05, 3.63) is 95.1 Å². The number of ketones is 2. The van der Waals surface area contributed by atoms with Crippen molar-refractivity contribution in [2.75, 3.05) is 0 Å². The normalized spacial score (nSPS) is 18.4. The van der Waals surface area contributed by atoms with Crippen LogP contribution in [-0.4, -0.2) is 24.0 Å². The summed E-state index contributed by atoms with van der Waals surface area (Å²) in [5.41, 5.74) is 1.54. The maximum atomic E-state index is 14.2. The number of aldehydes is 1. The van der Waals surface area contributed by atoms with Gasteiger partial charge in [-0.05, 0) is 74.1 Å². The van der Waals surface area contributed by atoms with Gasteiger partial charge in [-0.2, -0.15) is 0 Å².